The molecule has 0 fully saturated rings. The van der Waals surface area contributed by atoms with Crippen LogP contribution in [-0.4, -0.2) is 23.9 Å². The summed E-state index contributed by atoms with van der Waals surface area (Å²) in [7, 11) is 1.37. The van der Waals surface area contributed by atoms with Crippen LogP contribution in [-0.2, 0) is 0 Å². The van der Waals surface area contributed by atoms with Crippen LogP contribution >= 0.6 is 0 Å². The molecule has 0 atom stereocenters. The van der Waals surface area contributed by atoms with Crippen LogP contribution in [0.4, 0.5) is 0 Å². The number of phenolic OH excluding ortho intramolecular Hbond substituents is 2. The van der Waals surface area contributed by atoms with Crippen LogP contribution in [0.2, 0.25) is 0 Å². The molecule has 0 amide bonds. The molecule has 1 heterocycles. The molecule has 140 valence electrons. The Hall–Kier alpha value is -3.41. The average molecular weight is 368 g/mol. The van der Waals surface area contributed by atoms with Crippen LogP contribution in [0.25, 0.3) is 22.3 Å². The van der Waals surface area contributed by atoms with Gasteiger partial charge in [-0.25, -0.2) is 0 Å². The van der Waals surface area contributed by atoms with Crippen molar-refractivity contribution in [2.24, 2.45) is 0 Å². The van der Waals surface area contributed by atoms with Gasteiger partial charge in [0, 0.05) is 11.6 Å². The minimum absolute atomic E-state index is 0.00588. The highest BCUT2D eigenvalue weighted by Gasteiger charge is 2.25. The van der Waals surface area contributed by atoms with E-state index >= 15 is 0 Å². The summed E-state index contributed by atoms with van der Waals surface area (Å²) >= 11 is 0. The first-order valence-corrected chi connectivity index (χ1v) is 8.35. The summed E-state index contributed by atoms with van der Waals surface area (Å²) < 4.78 is 16.8. The summed E-state index contributed by atoms with van der Waals surface area (Å²) in [5, 5.41) is 20.5. The zero-order valence-electron chi connectivity index (χ0n) is 15.3. The van der Waals surface area contributed by atoms with Gasteiger partial charge in [0.1, 0.15) is 17.8 Å². The first-order chi connectivity index (χ1) is 12.9. The van der Waals surface area contributed by atoms with Crippen molar-refractivity contribution in [2.75, 3.05) is 13.7 Å². The molecular formula is C21H20O6. The van der Waals surface area contributed by atoms with E-state index in [0.717, 1.165) is 5.57 Å². The van der Waals surface area contributed by atoms with Crippen LogP contribution in [0.3, 0.4) is 0 Å². The fourth-order valence-corrected chi connectivity index (χ4v) is 2.67. The molecule has 2 N–H and O–H groups in total. The molecule has 6 heteroatoms. The summed E-state index contributed by atoms with van der Waals surface area (Å²) in [5.41, 5.74) is 1.22. The van der Waals surface area contributed by atoms with Gasteiger partial charge < -0.3 is 24.1 Å². The van der Waals surface area contributed by atoms with Crippen LogP contribution in [0.5, 0.6) is 23.0 Å². The Morgan fingerprint density at radius 2 is 1.81 bits per heavy atom. The fourth-order valence-electron chi connectivity index (χ4n) is 2.67. The Kier molecular flexibility index (Phi) is 5.07. The lowest BCUT2D eigenvalue weighted by atomic mass is 10.1. The Morgan fingerprint density at radius 3 is 2.44 bits per heavy atom. The summed E-state index contributed by atoms with van der Waals surface area (Å²) in [6.45, 7) is 3.97. The van der Waals surface area contributed by atoms with Crippen molar-refractivity contribution in [2.45, 2.75) is 13.8 Å². The Morgan fingerprint density at radius 1 is 1.11 bits per heavy atom. The standard InChI is InChI=1S/C21H20O6/c1-12(2)9-10-26-20-18(24)17(23)16-14(22)11-15(13-7-5-4-6-8-13)27-19(16)21(20)25-3/h4-9,11,23-24H,10H2,1-3H3. The molecule has 0 bridgehead atoms. The molecule has 0 spiro atoms. The van der Waals surface area contributed by atoms with Crippen LogP contribution in [0, 0.1) is 0 Å². The van der Waals surface area contributed by atoms with Gasteiger partial charge in [0.15, 0.2) is 16.8 Å². The highest BCUT2D eigenvalue weighted by molar-refractivity contribution is 5.95. The Bertz CT molecular complexity index is 1060. The number of ether oxygens (including phenoxy) is 2. The van der Waals surface area contributed by atoms with Crippen molar-refractivity contribution < 1.29 is 24.1 Å². The zero-order valence-corrected chi connectivity index (χ0v) is 15.3. The third-order valence-electron chi connectivity index (χ3n) is 4.02. The van der Waals surface area contributed by atoms with E-state index < -0.39 is 16.9 Å². The van der Waals surface area contributed by atoms with Crippen molar-refractivity contribution in [1.82, 2.24) is 0 Å². The molecule has 0 aliphatic carbocycles. The maximum Gasteiger partial charge on any atom is 0.211 e. The van der Waals surface area contributed by atoms with Gasteiger partial charge in [-0.15, -0.1) is 0 Å². The summed E-state index contributed by atoms with van der Waals surface area (Å²) in [6.07, 6.45) is 1.80. The summed E-state index contributed by atoms with van der Waals surface area (Å²) in [5.74, 6) is -0.912. The summed E-state index contributed by atoms with van der Waals surface area (Å²) in [4.78, 5) is 12.6. The molecule has 0 aliphatic rings. The van der Waals surface area contributed by atoms with Gasteiger partial charge in [0.2, 0.25) is 17.2 Å². The van der Waals surface area contributed by atoms with E-state index in [1.807, 2.05) is 32.0 Å². The smallest absolute Gasteiger partial charge is 0.211 e. The Balaban J connectivity index is 2.27. The average Bonchev–Trinajstić information content (AvgIpc) is 2.65. The van der Waals surface area contributed by atoms with Crippen LogP contribution in [0.15, 0.2) is 57.3 Å². The second-order valence-electron chi connectivity index (χ2n) is 6.20. The second-order valence-corrected chi connectivity index (χ2v) is 6.20. The van der Waals surface area contributed by atoms with E-state index in [9.17, 15) is 15.0 Å². The first kappa shape index (κ1) is 18.4. The lowest BCUT2D eigenvalue weighted by molar-refractivity contribution is 0.298. The predicted molar refractivity (Wildman–Crippen MR) is 103 cm³/mol. The van der Waals surface area contributed by atoms with Gasteiger partial charge in [0.25, 0.3) is 0 Å². The molecule has 0 saturated carbocycles. The lowest BCUT2D eigenvalue weighted by Gasteiger charge is -2.15. The molecule has 0 saturated heterocycles. The maximum atomic E-state index is 12.6. The normalized spacial score (nSPS) is 10.6. The fraction of sp³-hybridized carbons (Fsp3) is 0.190. The van der Waals surface area contributed by atoms with E-state index in [1.165, 1.54) is 13.2 Å². The van der Waals surface area contributed by atoms with E-state index in [-0.39, 0.29) is 29.1 Å². The van der Waals surface area contributed by atoms with Gasteiger partial charge >= 0.3 is 0 Å². The molecule has 1 aromatic heterocycles. The molecule has 27 heavy (non-hydrogen) atoms. The van der Waals surface area contributed by atoms with Crippen LogP contribution in [0.1, 0.15) is 13.8 Å². The number of allylic oxidation sites excluding steroid dienone is 1. The first-order valence-electron chi connectivity index (χ1n) is 8.35. The predicted octanol–water partition coefficient (Wildman–Crippen LogP) is 4.22. The molecule has 0 aliphatic heterocycles. The third-order valence-corrected chi connectivity index (χ3v) is 4.02. The van der Waals surface area contributed by atoms with E-state index in [4.69, 9.17) is 13.9 Å². The van der Waals surface area contributed by atoms with Gasteiger partial charge in [0.05, 0.1) is 7.11 Å². The quantitative estimate of drug-likeness (QED) is 0.518. The van der Waals surface area contributed by atoms with Crippen LogP contribution < -0.4 is 14.9 Å². The number of hydrogen-bond acceptors (Lipinski definition) is 6. The molecule has 0 radical (unpaired) electrons. The monoisotopic (exact) mass is 368 g/mol. The number of hydrogen-bond donors (Lipinski definition) is 2. The van der Waals surface area contributed by atoms with Gasteiger partial charge in [-0.3, -0.25) is 4.79 Å². The number of benzene rings is 2. The highest BCUT2D eigenvalue weighted by atomic mass is 16.5. The maximum absolute atomic E-state index is 12.6. The van der Waals surface area contributed by atoms with Gasteiger partial charge in [-0.1, -0.05) is 35.9 Å². The minimum atomic E-state index is -0.605. The van der Waals surface area contributed by atoms with Crippen molar-refractivity contribution in [3.05, 3.63) is 58.3 Å². The third kappa shape index (κ3) is 3.46. The summed E-state index contributed by atoms with van der Waals surface area (Å²) in [6, 6.07) is 10.3. The van der Waals surface area contributed by atoms with Crippen molar-refractivity contribution in [1.29, 1.82) is 0 Å². The second kappa shape index (κ2) is 7.45. The molecule has 3 aromatic rings. The number of aromatic hydroxyl groups is 2. The van der Waals surface area contributed by atoms with Gasteiger partial charge in [-0.2, -0.15) is 0 Å². The molecule has 3 rings (SSSR count). The van der Waals surface area contributed by atoms with Crippen molar-refractivity contribution >= 4 is 11.0 Å². The Labute approximate surface area is 155 Å². The van der Waals surface area contributed by atoms with Gasteiger partial charge in [-0.05, 0) is 19.9 Å². The molecule has 2 aromatic carbocycles. The number of methoxy groups -OCH3 is 1. The van der Waals surface area contributed by atoms with E-state index in [0.29, 0.717) is 11.3 Å². The SMILES string of the molecule is COc1c(OCC=C(C)C)c(O)c(O)c2c(=O)cc(-c3ccccc3)oc12. The molecule has 0 unspecified atom stereocenters. The lowest BCUT2D eigenvalue weighted by Crippen LogP contribution is -2.05. The van der Waals surface area contributed by atoms with E-state index in [2.05, 4.69) is 0 Å². The highest BCUT2D eigenvalue weighted by Crippen LogP contribution is 2.49. The zero-order chi connectivity index (χ0) is 19.6. The number of rotatable bonds is 5. The molecule has 6 nitrogen and oxygen atoms in total. The van der Waals surface area contributed by atoms with Crippen molar-refractivity contribution in [3.8, 4) is 34.3 Å². The topological polar surface area (TPSA) is 89.1 Å². The molecular weight excluding hydrogens is 348 g/mol. The largest absolute Gasteiger partial charge is 0.504 e. The minimum Gasteiger partial charge on any atom is -0.504 e. The number of fused-ring (bicyclic) bond motifs is 1. The van der Waals surface area contributed by atoms with E-state index in [1.54, 1.807) is 18.2 Å². The number of phenols is 2. The van der Waals surface area contributed by atoms with Crippen molar-refractivity contribution in [3.63, 3.8) is 0 Å².